The van der Waals surface area contributed by atoms with Crippen LogP contribution in [-0.4, -0.2) is 50.1 Å². The van der Waals surface area contributed by atoms with Crippen LogP contribution in [0.2, 0.25) is 0 Å². The molecule has 0 aromatic rings. The van der Waals surface area contributed by atoms with E-state index in [4.69, 9.17) is 0 Å². The molecule has 13 heavy (non-hydrogen) atoms. The van der Waals surface area contributed by atoms with Crippen molar-refractivity contribution in [3.8, 4) is 0 Å². The Kier molecular flexibility index (Phi) is 3.39. The van der Waals surface area contributed by atoms with Crippen LogP contribution in [0.1, 0.15) is 6.42 Å². The summed E-state index contributed by atoms with van der Waals surface area (Å²) in [5.41, 5.74) is 0. The Morgan fingerprint density at radius 3 is 2.69 bits per heavy atom. The lowest BCUT2D eigenvalue weighted by atomic mass is 10.2. The highest BCUT2D eigenvalue weighted by Crippen LogP contribution is 2.06. The number of likely N-dealkylation sites (N-methyl/N-ethyl adjacent to an activating group) is 1. The van der Waals surface area contributed by atoms with Crippen LogP contribution in [0.5, 0.6) is 0 Å². The molecule has 1 fully saturated rings. The van der Waals surface area contributed by atoms with Gasteiger partial charge in [0.1, 0.15) is 6.04 Å². The molecule has 0 spiro atoms. The summed E-state index contributed by atoms with van der Waals surface area (Å²) in [6.45, 7) is 1.51. The Morgan fingerprint density at radius 2 is 2.23 bits per heavy atom. The molecule has 0 radical (unpaired) electrons. The Labute approximate surface area is 77.0 Å². The molecule has 0 bridgehead atoms. The van der Waals surface area contributed by atoms with Crippen molar-refractivity contribution in [3.05, 3.63) is 0 Å². The summed E-state index contributed by atoms with van der Waals surface area (Å²) in [7, 11) is 3.89. The maximum absolute atomic E-state index is 10.9. The van der Waals surface area contributed by atoms with Gasteiger partial charge in [0.25, 0.3) is 0 Å². The average Bonchev–Trinajstić information content (AvgIpc) is 2.29. The van der Waals surface area contributed by atoms with E-state index in [1.165, 1.54) is 0 Å². The fraction of sp³-hybridized carbons (Fsp3) is 0.750. The number of esters is 2. The van der Waals surface area contributed by atoms with Gasteiger partial charge in [-0.3, -0.25) is 4.79 Å². The van der Waals surface area contributed by atoms with Crippen LogP contribution in [0.3, 0.4) is 0 Å². The number of hydrogen-bond donors (Lipinski definition) is 1. The van der Waals surface area contributed by atoms with Crippen LogP contribution in [0.15, 0.2) is 0 Å². The topological polar surface area (TPSA) is 58.6 Å². The molecule has 5 nitrogen and oxygen atoms in total. The van der Waals surface area contributed by atoms with Gasteiger partial charge in [0.15, 0.2) is 0 Å². The summed E-state index contributed by atoms with van der Waals surface area (Å²) in [6, 6.07) is -0.438. The van der Waals surface area contributed by atoms with Gasteiger partial charge in [0.2, 0.25) is 0 Å². The minimum atomic E-state index is -0.455. The standard InChI is InChI=1S/C8H14N2O3/c1-10(2)4-3-9-6-5-7(11)13-8(6)12/h6,9H,3-5H2,1-2H3. The summed E-state index contributed by atoms with van der Waals surface area (Å²) >= 11 is 0. The second kappa shape index (κ2) is 4.34. The van der Waals surface area contributed by atoms with E-state index in [-0.39, 0.29) is 6.42 Å². The first kappa shape index (κ1) is 10.1. The molecular weight excluding hydrogens is 172 g/mol. The van der Waals surface area contributed by atoms with E-state index in [2.05, 4.69) is 10.1 Å². The van der Waals surface area contributed by atoms with Crippen LogP contribution in [-0.2, 0) is 14.3 Å². The Hall–Kier alpha value is -0.940. The van der Waals surface area contributed by atoms with E-state index in [0.29, 0.717) is 6.54 Å². The first-order chi connectivity index (χ1) is 6.09. The van der Waals surface area contributed by atoms with Crippen molar-refractivity contribution in [1.29, 1.82) is 0 Å². The fourth-order valence-corrected chi connectivity index (χ4v) is 1.09. The summed E-state index contributed by atoms with van der Waals surface area (Å²) < 4.78 is 4.38. The summed E-state index contributed by atoms with van der Waals surface area (Å²) in [5.74, 6) is -0.892. The second-order valence-corrected chi connectivity index (χ2v) is 3.31. The first-order valence-electron chi connectivity index (χ1n) is 4.22. The van der Waals surface area contributed by atoms with Crippen LogP contribution >= 0.6 is 0 Å². The third-order valence-electron chi connectivity index (χ3n) is 1.82. The maximum Gasteiger partial charge on any atom is 0.331 e. The van der Waals surface area contributed by atoms with E-state index in [1.54, 1.807) is 0 Å². The highest BCUT2D eigenvalue weighted by molar-refractivity contribution is 5.96. The lowest BCUT2D eigenvalue weighted by Gasteiger charge is -2.11. The fourth-order valence-electron chi connectivity index (χ4n) is 1.09. The summed E-state index contributed by atoms with van der Waals surface area (Å²) in [6.07, 6.45) is 0.159. The highest BCUT2D eigenvalue weighted by Gasteiger charge is 2.32. The molecule has 74 valence electrons. The van der Waals surface area contributed by atoms with Gasteiger partial charge >= 0.3 is 11.9 Å². The molecule has 0 aliphatic carbocycles. The van der Waals surface area contributed by atoms with Crippen LogP contribution in [0, 0.1) is 0 Å². The largest absolute Gasteiger partial charge is 0.392 e. The number of ether oxygens (including phenoxy) is 1. The molecular formula is C8H14N2O3. The maximum atomic E-state index is 10.9. The molecule has 0 aromatic heterocycles. The summed E-state index contributed by atoms with van der Waals surface area (Å²) in [4.78, 5) is 23.6. The lowest BCUT2D eigenvalue weighted by Crippen LogP contribution is -2.37. The smallest absolute Gasteiger partial charge is 0.331 e. The Bertz CT molecular complexity index is 215. The van der Waals surface area contributed by atoms with Gasteiger partial charge in [0.05, 0.1) is 6.42 Å². The molecule has 1 saturated heterocycles. The lowest BCUT2D eigenvalue weighted by molar-refractivity contribution is -0.152. The van der Waals surface area contributed by atoms with Crippen molar-refractivity contribution in [2.45, 2.75) is 12.5 Å². The zero-order valence-corrected chi connectivity index (χ0v) is 7.87. The van der Waals surface area contributed by atoms with Crippen LogP contribution < -0.4 is 5.32 Å². The number of cyclic esters (lactones) is 2. The minimum Gasteiger partial charge on any atom is -0.392 e. The number of nitrogens with one attached hydrogen (secondary N) is 1. The van der Waals surface area contributed by atoms with E-state index in [9.17, 15) is 9.59 Å². The summed E-state index contributed by atoms with van der Waals surface area (Å²) in [5, 5.41) is 2.96. The van der Waals surface area contributed by atoms with Crippen molar-refractivity contribution in [2.24, 2.45) is 0 Å². The molecule has 0 saturated carbocycles. The monoisotopic (exact) mass is 186 g/mol. The molecule has 1 aliphatic heterocycles. The van der Waals surface area contributed by atoms with E-state index >= 15 is 0 Å². The number of nitrogens with zero attached hydrogens (tertiary/aromatic N) is 1. The first-order valence-corrected chi connectivity index (χ1v) is 4.22. The molecule has 1 heterocycles. The SMILES string of the molecule is CN(C)CCNC1CC(=O)OC1=O. The van der Waals surface area contributed by atoms with E-state index in [1.807, 2.05) is 19.0 Å². The number of carbonyl (C=O) groups is 2. The van der Waals surface area contributed by atoms with Gasteiger partial charge in [-0.25, -0.2) is 4.79 Å². The molecule has 5 heteroatoms. The molecule has 1 unspecified atom stereocenters. The Balaban J connectivity index is 2.22. The molecule has 1 rings (SSSR count). The molecule has 0 aromatic carbocycles. The normalized spacial score (nSPS) is 22.5. The van der Waals surface area contributed by atoms with Gasteiger partial charge in [-0.1, -0.05) is 0 Å². The van der Waals surface area contributed by atoms with Crippen LogP contribution in [0.4, 0.5) is 0 Å². The zero-order valence-electron chi connectivity index (χ0n) is 7.87. The van der Waals surface area contributed by atoms with Crippen molar-refractivity contribution in [2.75, 3.05) is 27.2 Å². The molecule has 1 aliphatic rings. The minimum absolute atomic E-state index is 0.159. The molecule has 1 atom stereocenters. The number of hydrogen-bond acceptors (Lipinski definition) is 5. The predicted octanol–water partition coefficient (Wildman–Crippen LogP) is -1.02. The second-order valence-electron chi connectivity index (χ2n) is 3.31. The quantitative estimate of drug-likeness (QED) is 0.450. The molecule has 1 N–H and O–H groups in total. The number of rotatable bonds is 4. The van der Waals surface area contributed by atoms with E-state index in [0.717, 1.165) is 6.54 Å². The van der Waals surface area contributed by atoms with Gasteiger partial charge in [-0.05, 0) is 14.1 Å². The predicted molar refractivity (Wildman–Crippen MR) is 46.1 cm³/mol. The van der Waals surface area contributed by atoms with Gasteiger partial charge in [-0.2, -0.15) is 0 Å². The van der Waals surface area contributed by atoms with Gasteiger partial charge in [0, 0.05) is 13.1 Å². The Morgan fingerprint density at radius 1 is 1.54 bits per heavy atom. The zero-order chi connectivity index (χ0) is 9.84. The van der Waals surface area contributed by atoms with Crippen molar-refractivity contribution in [3.63, 3.8) is 0 Å². The number of carbonyl (C=O) groups excluding carboxylic acids is 2. The third-order valence-corrected chi connectivity index (χ3v) is 1.82. The molecule has 0 amide bonds. The van der Waals surface area contributed by atoms with Crippen molar-refractivity contribution < 1.29 is 14.3 Å². The van der Waals surface area contributed by atoms with E-state index < -0.39 is 18.0 Å². The van der Waals surface area contributed by atoms with Crippen molar-refractivity contribution in [1.82, 2.24) is 10.2 Å². The van der Waals surface area contributed by atoms with Crippen molar-refractivity contribution >= 4 is 11.9 Å². The van der Waals surface area contributed by atoms with Gasteiger partial charge < -0.3 is 15.0 Å². The van der Waals surface area contributed by atoms with Crippen LogP contribution in [0.25, 0.3) is 0 Å². The average molecular weight is 186 g/mol. The van der Waals surface area contributed by atoms with Gasteiger partial charge in [-0.15, -0.1) is 0 Å². The highest BCUT2D eigenvalue weighted by atomic mass is 16.6. The third kappa shape index (κ3) is 3.12.